The van der Waals surface area contributed by atoms with E-state index in [4.69, 9.17) is 13.9 Å². The number of hydrogen-bond acceptors (Lipinski definition) is 5. The number of carbonyl (C=O) groups is 2. The Hall–Kier alpha value is -3.74. The van der Waals surface area contributed by atoms with Crippen molar-refractivity contribution in [1.29, 1.82) is 0 Å². The highest BCUT2D eigenvalue weighted by molar-refractivity contribution is 5.94. The molecule has 0 saturated heterocycles. The van der Waals surface area contributed by atoms with Crippen LogP contribution in [0.25, 0.3) is 0 Å². The van der Waals surface area contributed by atoms with Crippen molar-refractivity contribution in [2.75, 3.05) is 27.3 Å². The summed E-state index contributed by atoms with van der Waals surface area (Å²) in [4.78, 5) is 26.9. The fraction of sp³-hybridized carbons (Fsp3) is 0.280. The summed E-state index contributed by atoms with van der Waals surface area (Å²) in [5, 5.41) is 2.92. The standard InChI is InChI=1S/C25H28N2O5/c1-30-22-9-8-19(16-23(22)31-2)10-13-26-24(28)11-14-27(17-20-6-4-3-5-7-20)25(29)21-12-15-32-18-21/h3-9,12,15-16,18H,10-11,13-14,17H2,1-2H3,(H,26,28). The number of nitrogens with zero attached hydrogens (tertiary/aromatic N) is 1. The van der Waals surface area contributed by atoms with Gasteiger partial charge in [0, 0.05) is 26.1 Å². The molecule has 3 aromatic rings. The third-order valence-corrected chi connectivity index (χ3v) is 5.06. The predicted octanol–water partition coefficient (Wildman–Crippen LogP) is 3.69. The van der Waals surface area contributed by atoms with Crippen LogP contribution in [0.1, 0.15) is 27.9 Å². The summed E-state index contributed by atoms with van der Waals surface area (Å²) in [7, 11) is 3.19. The lowest BCUT2D eigenvalue weighted by Gasteiger charge is -2.22. The van der Waals surface area contributed by atoms with Crippen LogP contribution in [0.5, 0.6) is 11.5 Å². The molecule has 0 fully saturated rings. The second kappa shape index (κ2) is 11.6. The highest BCUT2D eigenvalue weighted by atomic mass is 16.5. The second-order valence-corrected chi connectivity index (χ2v) is 7.26. The predicted molar refractivity (Wildman–Crippen MR) is 121 cm³/mol. The van der Waals surface area contributed by atoms with Crippen molar-refractivity contribution in [3.8, 4) is 11.5 Å². The Kier molecular flexibility index (Phi) is 8.31. The Morgan fingerprint density at radius 2 is 1.75 bits per heavy atom. The fourth-order valence-electron chi connectivity index (χ4n) is 3.33. The maximum atomic E-state index is 12.8. The first-order valence-electron chi connectivity index (χ1n) is 10.4. The summed E-state index contributed by atoms with van der Waals surface area (Å²) in [6.07, 6.45) is 3.76. The fourth-order valence-corrected chi connectivity index (χ4v) is 3.33. The number of ether oxygens (including phenoxy) is 2. The summed E-state index contributed by atoms with van der Waals surface area (Å²) in [6.45, 7) is 1.22. The van der Waals surface area contributed by atoms with Crippen LogP contribution >= 0.6 is 0 Å². The summed E-state index contributed by atoms with van der Waals surface area (Å²) in [6, 6.07) is 17.0. The molecule has 7 heteroatoms. The monoisotopic (exact) mass is 436 g/mol. The van der Waals surface area contributed by atoms with Crippen molar-refractivity contribution < 1.29 is 23.5 Å². The molecule has 0 aliphatic carbocycles. The van der Waals surface area contributed by atoms with Gasteiger partial charge in [-0.05, 0) is 35.7 Å². The van der Waals surface area contributed by atoms with Gasteiger partial charge in [0.05, 0.1) is 26.0 Å². The minimum atomic E-state index is -0.166. The molecule has 0 radical (unpaired) electrons. The Bertz CT molecular complexity index is 1000. The number of rotatable bonds is 11. The normalized spacial score (nSPS) is 10.4. The topological polar surface area (TPSA) is 81.0 Å². The molecule has 0 aliphatic heterocycles. The van der Waals surface area contributed by atoms with Gasteiger partial charge in [-0.15, -0.1) is 0 Å². The lowest BCUT2D eigenvalue weighted by molar-refractivity contribution is -0.121. The van der Waals surface area contributed by atoms with E-state index >= 15 is 0 Å². The van der Waals surface area contributed by atoms with Gasteiger partial charge in [-0.1, -0.05) is 36.4 Å². The Balaban J connectivity index is 1.52. The summed E-state index contributed by atoms with van der Waals surface area (Å²) in [5.74, 6) is 1.05. The minimum absolute atomic E-state index is 0.108. The zero-order valence-corrected chi connectivity index (χ0v) is 18.4. The van der Waals surface area contributed by atoms with Crippen LogP contribution in [0.15, 0.2) is 71.5 Å². The lowest BCUT2D eigenvalue weighted by Crippen LogP contribution is -2.35. The zero-order valence-electron chi connectivity index (χ0n) is 18.4. The van der Waals surface area contributed by atoms with Crippen LogP contribution in [-0.4, -0.2) is 44.0 Å². The average Bonchev–Trinajstić information content (AvgIpc) is 3.37. The van der Waals surface area contributed by atoms with Gasteiger partial charge in [0.15, 0.2) is 11.5 Å². The van der Waals surface area contributed by atoms with E-state index in [2.05, 4.69) is 5.32 Å². The number of amides is 2. The minimum Gasteiger partial charge on any atom is -0.493 e. The van der Waals surface area contributed by atoms with Crippen molar-refractivity contribution in [3.05, 3.63) is 83.8 Å². The third kappa shape index (κ3) is 6.38. The van der Waals surface area contributed by atoms with E-state index in [-0.39, 0.29) is 18.2 Å². The van der Waals surface area contributed by atoms with Gasteiger partial charge < -0.3 is 24.1 Å². The van der Waals surface area contributed by atoms with Gasteiger partial charge in [0.1, 0.15) is 6.26 Å². The van der Waals surface area contributed by atoms with E-state index in [1.165, 1.54) is 12.5 Å². The Morgan fingerprint density at radius 3 is 2.44 bits per heavy atom. The van der Waals surface area contributed by atoms with Gasteiger partial charge in [-0.3, -0.25) is 9.59 Å². The van der Waals surface area contributed by atoms with E-state index in [1.807, 2.05) is 48.5 Å². The van der Waals surface area contributed by atoms with Crippen LogP contribution in [0.2, 0.25) is 0 Å². The highest BCUT2D eigenvalue weighted by Gasteiger charge is 2.18. The molecule has 0 bridgehead atoms. The molecule has 1 heterocycles. The van der Waals surface area contributed by atoms with Crippen LogP contribution < -0.4 is 14.8 Å². The SMILES string of the molecule is COc1ccc(CCNC(=O)CCN(Cc2ccccc2)C(=O)c2ccoc2)cc1OC. The van der Waals surface area contributed by atoms with E-state index < -0.39 is 0 Å². The second-order valence-electron chi connectivity index (χ2n) is 7.26. The largest absolute Gasteiger partial charge is 0.493 e. The summed E-state index contributed by atoms with van der Waals surface area (Å²) >= 11 is 0. The first-order valence-corrected chi connectivity index (χ1v) is 10.4. The molecule has 1 aromatic heterocycles. The molecule has 0 spiro atoms. The molecule has 7 nitrogen and oxygen atoms in total. The first-order chi connectivity index (χ1) is 15.6. The van der Waals surface area contributed by atoms with E-state index in [0.717, 1.165) is 11.1 Å². The molecule has 2 aromatic carbocycles. The van der Waals surface area contributed by atoms with E-state index in [1.54, 1.807) is 25.2 Å². The zero-order chi connectivity index (χ0) is 22.8. The molecular formula is C25H28N2O5. The van der Waals surface area contributed by atoms with Gasteiger partial charge in [0.2, 0.25) is 5.91 Å². The number of furan rings is 1. The Morgan fingerprint density at radius 1 is 0.969 bits per heavy atom. The molecule has 0 unspecified atom stereocenters. The average molecular weight is 437 g/mol. The number of hydrogen-bond donors (Lipinski definition) is 1. The quantitative estimate of drug-likeness (QED) is 0.496. The number of carbonyl (C=O) groups excluding carboxylic acids is 2. The highest BCUT2D eigenvalue weighted by Crippen LogP contribution is 2.27. The summed E-state index contributed by atoms with van der Waals surface area (Å²) < 4.78 is 15.6. The maximum Gasteiger partial charge on any atom is 0.257 e. The van der Waals surface area contributed by atoms with Crippen LogP contribution in [0, 0.1) is 0 Å². The number of methoxy groups -OCH3 is 2. The number of benzene rings is 2. The van der Waals surface area contributed by atoms with Crippen molar-refractivity contribution in [2.45, 2.75) is 19.4 Å². The van der Waals surface area contributed by atoms with E-state index in [0.29, 0.717) is 43.1 Å². The van der Waals surface area contributed by atoms with Crippen LogP contribution in [0.4, 0.5) is 0 Å². The van der Waals surface area contributed by atoms with Crippen LogP contribution in [-0.2, 0) is 17.8 Å². The molecular weight excluding hydrogens is 408 g/mol. The molecule has 2 amide bonds. The van der Waals surface area contributed by atoms with Crippen molar-refractivity contribution in [3.63, 3.8) is 0 Å². The van der Waals surface area contributed by atoms with Crippen molar-refractivity contribution in [2.24, 2.45) is 0 Å². The molecule has 0 atom stereocenters. The molecule has 1 N–H and O–H groups in total. The van der Waals surface area contributed by atoms with Gasteiger partial charge in [-0.25, -0.2) is 0 Å². The molecule has 0 aliphatic rings. The molecule has 0 saturated carbocycles. The van der Waals surface area contributed by atoms with Gasteiger partial charge in [-0.2, -0.15) is 0 Å². The van der Waals surface area contributed by atoms with Crippen molar-refractivity contribution >= 4 is 11.8 Å². The smallest absolute Gasteiger partial charge is 0.257 e. The van der Waals surface area contributed by atoms with Gasteiger partial charge in [0.25, 0.3) is 5.91 Å². The molecule has 168 valence electrons. The van der Waals surface area contributed by atoms with Gasteiger partial charge >= 0.3 is 0 Å². The van der Waals surface area contributed by atoms with Crippen LogP contribution in [0.3, 0.4) is 0 Å². The summed E-state index contributed by atoms with van der Waals surface area (Å²) in [5.41, 5.74) is 2.50. The van der Waals surface area contributed by atoms with E-state index in [9.17, 15) is 9.59 Å². The Labute approximate surface area is 187 Å². The van der Waals surface area contributed by atoms with Crippen molar-refractivity contribution in [1.82, 2.24) is 10.2 Å². The first kappa shape index (κ1) is 22.9. The lowest BCUT2D eigenvalue weighted by atomic mass is 10.1. The molecule has 32 heavy (non-hydrogen) atoms. The maximum absolute atomic E-state index is 12.8. The number of nitrogens with one attached hydrogen (secondary N) is 1. The third-order valence-electron chi connectivity index (χ3n) is 5.06. The molecule has 3 rings (SSSR count).